The molecule has 1 heterocycles. The van der Waals surface area contributed by atoms with Gasteiger partial charge in [0.15, 0.2) is 0 Å². The fraction of sp³-hybridized carbons (Fsp3) is 0.200. The number of benzene rings is 1. The van der Waals surface area contributed by atoms with Gasteiger partial charge in [-0.15, -0.1) is 0 Å². The maximum atomic E-state index is 9.62. The first-order valence-corrected chi connectivity index (χ1v) is 4.95. The van der Waals surface area contributed by atoms with Gasteiger partial charge >= 0.3 is 0 Å². The molecule has 0 aliphatic carbocycles. The van der Waals surface area contributed by atoms with Gasteiger partial charge in [-0.2, -0.15) is 0 Å². The first kappa shape index (κ1) is 8.66. The molecule has 2 rings (SSSR count). The maximum Gasteiger partial charge on any atom is 0.131 e. The Morgan fingerprint density at radius 1 is 1.38 bits per heavy atom. The zero-order valence-electron chi connectivity index (χ0n) is 7.27. The lowest BCUT2D eigenvalue weighted by Crippen LogP contribution is -2.16. The molecule has 1 radical (unpaired) electrons. The summed E-state index contributed by atoms with van der Waals surface area (Å²) in [7, 11) is 0. The number of hydrogen-bond donors (Lipinski definition) is 1. The second kappa shape index (κ2) is 3.44. The third-order valence-electron chi connectivity index (χ3n) is 1.97. The van der Waals surface area contributed by atoms with Crippen molar-refractivity contribution < 1.29 is 5.21 Å². The van der Waals surface area contributed by atoms with Crippen LogP contribution in [0.25, 0.3) is 0 Å². The summed E-state index contributed by atoms with van der Waals surface area (Å²) in [6.45, 7) is 1.84. The standard InChI is InChI=1S/C10H10NOS/c1-8-7-13-10(11(8)12)9-5-3-2-4-6-9/h2-6,10,12H,1H3. The molecule has 0 bridgehead atoms. The minimum atomic E-state index is -0.0267. The molecule has 0 saturated carbocycles. The number of thioether (sulfide) groups is 1. The average molecular weight is 192 g/mol. The van der Waals surface area contributed by atoms with Crippen LogP contribution in [0.1, 0.15) is 17.9 Å². The first-order chi connectivity index (χ1) is 6.29. The van der Waals surface area contributed by atoms with E-state index in [0.717, 1.165) is 11.3 Å². The van der Waals surface area contributed by atoms with Crippen molar-refractivity contribution in [1.82, 2.24) is 5.06 Å². The highest BCUT2D eigenvalue weighted by Gasteiger charge is 2.24. The van der Waals surface area contributed by atoms with Crippen LogP contribution in [0.4, 0.5) is 0 Å². The Balaban J connectivity index is 2.22. The van der Waals surface area contributed by atoms with Crippen molar-refractivity contribution in [3.8, 4) is 0 Å². The molecule has 0 aromatic heterocycles. The average Bonchev–Trinajstić information content (AvgIpc) is 2.49. The van der Waals surface area contributed by atoms with Crippen LogP contribution >= 0.6 is 11.8 Å². The summed E-state index contributed by atoms with van der Waals surface area (Å²) >= 11 is 1.50. The van der Waals surface area contributed by atoms with Gasteiger partial charge in [-0.05, 0) is 12.5 Å². The zero-order chi connectivity index (χ0) is 9.26. The normalized spacial score (nSPS) is 21.8. The van der Waals surface area contributed by atoms with Crippen molar-refractivity contribution in [1.29, 1.82) is 0 Å². The zero-order valence-corrected chi connectivity index (χ0v) is 8.08. The maximum absolute atomic E-state index is 9.62. The van der Waals surface area contributed by atoms with Gasteiger partial charge < -0.3 is 0 Å². The Kier molecular flexibility index (Phi) is 2.29. The lowest BCUT2D eigenvalue weighted by atomic mass is 10.2. The smallest absolute Gasteiger partial charge is 0.131 e. The van der Waals surface area contributed by atoms with E-state index in [1.165, 1.54) is 16.8 Å². The molecule has 1 atom stereocenters. The highest BCUT2D eigenvalue weighted by Crippen LogP contribution is 2.39. The van der Waals surface area contributed by atoms with Crippen molar-refractivity contribution in [3.05, 3.63) is 47.0 Å². The Hall–Kier alpha value is -0.930. The van der Waals surface area contributed by atoms with Gasteiger partial charge in [-0.3, -0.25) is 5.21 Å². The van der Waals surface area contributed by atoms with E-state index in [9.17, 15) is 5.21 Å². The Morgan fingerprint density at radius 2 is 2.08 bits per heavy atom. The molecule has 2 nitrogen and oxygen atoms in total. The predicted molar refractivity (Wildman–Crippen MR) is 52.8 cm³/mol. The molecule has 1 N–H and O–H groups in total. The highest BCUT2D eigenvalue weighted by molar-refractivity contribution is 8.01. The summed E-state index contributed by atoms with van der Waals surface area (Å²) in [5.74, 6) is 0. The van der Waals surface area contributed by atoms with Crippen LogP contribution in [0.5, 0.6) is 0 Å². The van der Waals surface area contributed by atoms with E-state index in [4.69, 9.17) is 0 Å². The molecule has 0 amide bonds. The van der Waals surface area contributed by atoms with E-state index >= 15 is 0 Å². The van der Waals surface area contributed by atoms with Gasteiger partial charge in [0.2, 0.25) is 0 Å². The van der Waals surface area contributed by atoms with Crippen LogP contribution in [-0.4, -0.2) is 10.3 Å². The Bertz CT molecular complexity index is 323. The molecule has 1 aromatic carbocycles. The lowest BCUT2D eigenvalue weighted by Gasteiger charge is -2.20. The monoisotopic (exact) mass is 192 g/mol. The minimum absolute atomic E-state index is 0.0267. The third kappa shape index (κ3) is 1.57. The molecule has 13 heavy (non-hydrogen) atoms. The van der Waals surface area contributed by atoms with Crippen molar-refractivity contribution in [2.24, 2.45) is 0 Å². The van der Waals surface area contributed by atoms with Gasteiger partial charge in [0, 0.05) is 5.41 Å². The van der Waals surface area contributed by atoms with Crippen LogP contribution in [0.3, 0.4) is 0 Å². The quantitative estimate of drug-likeness (QED) is 0.740. The second-order valence-electron chi connectivity index (χ2n) is 2.91. The van der Waals surface area contributed by atoms with Crippen LogP contribution in [0, 0.1) is 5.41 Å². The van der Waals surface area contributed by atoms with Crippen LogP contribution in [0.15, 0.2) is 36.0 Å². The number of allylic oxidation sites excluding steroid dienone is 1. The fourth-order valence-electron chi connectivity index (χ4n) is 1.24. The number of hydrogen-bond acceptors (Lipinski definition) is 3. The molecular weight excluding hydrogens is 182 g/mol. The Labute approximate surface area is 81.8 Å². The molecule has 67 valence electrons. The van der Waals surface area contributed by atoms with Gasteiger partial charge in [0.25, 0.3) is 0 Å². The van der Waals surface area contributed by atoms with Gasteiger partial charge in [0.1, 0.15) is 5.37 Å². The third-order valence-corrected chi connectivity index (χ3v) is 3.08. The Morgan fingerprint density at radius 3 is 2.62 bits per heavy atom. The molecule has 0 fully saturated rings. The number of nitrogens with zero attached hydrogens (tertiary/aromatic N) is 1. The SMILES string of the molecule is CC1=[C]SC(c2ccccc2)N1O. The molecule has 1 aromatic rings. The lowest BCUT2D eigenvalue weighted by molar-refractivity contribution is -0.0636. The molecule has 1 aliphatic heterocycles. The first-order valence-electron chi connectivity index (χ1n) is 4.07. The number of rotatable bonds is 1. The highest BCUT2D eigenvalue weighted by atomic mass is 32.2. The van der Waals surface area contributed by atoms with Gasteiger partial charge in [-0.25, -0.2) is 5.06 Å². The van der Waals surface area contributed by atoms with E-state index in [-0.39, 0.29) is 5.37 Å². The summed E-state index contributed by atoms with van der Waals surface area (Å²) in [5.41, 5.74) is 1.87. The minimum Gasteiger partial charge on any atom is -0.287 e. The molecule has 3 heteroatoms. The van der Waals surface area contributed by atoms with Crippen molar-refractivity contribution in [3.63, 3.8) is 0 Å². The van der Waals surface area contributed by atoms with E-state index < -0.39 is 0 Å². The van der Waals surface area contributed by atoms with Gasteiger partial charge in [0.05, 0.1) is 5.70 Å². The summed E-state index contributed by atoms with van der Waals surface area (Å²) < 4.78 is 0. The van der Waals surface area contributed by atoms with Crippen molar-refractivity contribution in [2.45, 2.75) is 12.3 Å². The van der Waals surface area contributed by atoms with E-state index in [0.29, 0.717) is 0 Å². The molecule has 0 saturated heterocycles. The van der Waals surface area contributed by atoms with Crippen molar-refractivity contribution >= 4 is 11.8 Å². The van der Waals surface area contributed by atoms with Crippen LogP contribution in [-0.2, 0) is 0 Å². The van der Waals surface area contributed by atoms with Crippen LogP contribution < -0.4 is 0 Å². The largest absolute Gasteiger partial charge is 0.287 e. The second-order valence-corrected chi connectivity index (χ2v) is 3.80. The molecule has 0 spiro atoms. The fourth-order valence-corrected chi connectivity index (χ4v) is 2.17. The predicted octanol–water partition coefficient (Wildman–Crippen LogP) is 2.79. The summed E-state index contributed by atoms with van der Waals surface area (Å²) in [6, 6.07) is 9.91. The summed E-state index contributed by atoms with van der Waals surface area (Å²) in [6.07, 6.45) is 0. The van der Waals surface area contributed by atoms with E-state index in [2.05, 4.69) is 5.41 Å². The number of hydroxylamine groups is 2. The molecule has 1 aliphatic rings. The summed E-state index contributed by atoms with van der Waals surface area (Å²) in [5, 5.41) is 13.9. The van der Waals surface area contributed by atoms with Crippen molar-refractivity contribution in [2.75, 3.05) is 0 Å². The summed E-state index contributed by atoms with van der Waals surface area (Å²) in [4.78, 5) is 0. The van der Waals surface area contributed by atoms with E-state index in [1.807, 2.05) is 37.3 Å². The molecular formula is C10H10NOS. The molecule has 1 unspecified atom stereocenters. The van der Waals surface area contributed by atoms with Gasteiger partial charge in [-0.1, -0.05) is 42.1 Å². The topological polar surface area (TPSA) is 23.5 Å². The van der Waals surface area contributed by atoms with E-state index in [1.54, 1.807) is 0 Å². The van der Waals surface area contributed by atoms with Crippen LogP contribution in [0.2, 0.25) is 0 Å².